The second kappa shape index (κ2) is 7.25. The highest BCUT2D eigenvalue weighted by molar-refractivity contribution is 5.99. The number of Topliss-reactive ketones (excluding diaryl/α,β-unsaturated/α-hetero) is 1. The first-order chi connectivity index (χ1) is 10.7. The molecule has 0 amide bonds. The average Bonchev–Trinajstić information content (AvgIpc) is 3.40. The van der Waals surface area contributed by atoms with E-state index in [-0.39, 0.29) is 5.92 Å². The van der Waals surface area contributed by atoms with Crippen molar-refractivity contribution in [2.75, 3.05) is 32.8 Å². The summed E-state index contributed by atoms with van der Waals surface area (Å²) in [4.78, 5) is 14.5. The highest BCUT2D eigenvalue weighted by Crippen LogP contribution is 2.32. The maximum absolute atomic E-state index is 11.9. The molecule has 0 spiro atoms. The van der Waals surface area contributed by atoms with Crippen molar-refractivity contribution >= 4 is 5.78 Å². The summed E-state index contributed by atoms with van der Waals surface area (Å²) < 4.78 is 5.82. The van der Waals surface area contributed by atoms with E-state index in [1.165, 1.54) is 0 Å². The summed E-state index contributed by atoms with van der Waals surface area (Å²) in [6.07, 6.45) is 3.14. The molecule has 22 heavy (non-hydrogen) atoms. The Balaban J connectivity index is 1.42. The molecule has 1 heterocycles. The Morgan fingerprint density at radius 3 is 2.59 bits per heavy atom. The number of nitrogens with zero attached hydrogens (tertiary/aromatic N) is 1. The topological polar surface area (TPSA) is 41.6 Å². The Hall–Kier alpha value is -1.39. The summed E-state index contributed by atoms with van der Waals surface area (Å²) in [6, 6.07) is 8.19. The zero-order valence-electron chi connectivity index (χ0n) is 13.4. The maximum Gasteiger partial charge on any atom is 0.165 e. The van der Waals surface area contributed by atoms with Crippen LogP contribution in [0.2, 0.25) is 0 Å². The monoisotopic (exact) mass is 302 g/mol. The lowest BCUT2D eigenvalue weighted by atomic mass is 10.1. The van der Waals surface area contributed by atoms with E-state index in [4.69, 9.17) is 4.74 Å². The van der Waals surface area contributed by atoms with Crippen LogP contribution in [0.5, 0.6) is 5.75 Å². The smallest absolute Gasteiger partial charge is 0.165 e. The van der Waals surface area contributed by atoms with Crippen LogP contribution in [0.25, 0.3) is 0 Å². The van der Waals surface area contributed by atoms with E-state index in [0.29, 0.717) is 11.8 Å². The van der Waals surface area contributed by atoms with Crippen LogP contribution < -0.4 is 10.1 Å². The maximum atomic E-state index is 11.9. The normalized spacial score (nSPS) is 20.6. The fourth-order valence-electron chi connectivity index (χ4n) is 2.95. The zero-order valence-corrected chi connectivity index (χ0v) is 13.4. The molecular formula is C18H26N2O2. The Kier molecular flexibility index (Phi) is 5.11. The summed E-state index contributed by atoms with van der Waals surface area (Å²) in [5.74, 6) is 1.44. The number of rotatable bonds is 7. The van der Waals surface area contributed by atoms with Crippen LogP contribution in [-0.2, 0) is 0 Å². The van der Waals surface area contributed by atoms with Crippen LogP contribution in [-0.4, -0.2) is 49.5 Å². The van der Waals surface area contributed by atoms with Crippen LogP contribution in [0, 0.1) is 5.92 Å². The van der Waals surface area contributed by atoms with Gasteiger partial charge in [-0.05, 0) is 50.5 Å². The molecule has 1 aliphatic heterocycles. The summed E-state index contributed by atoms with van der Waals surface area (Å²) in [6.45, 7) is 7.41. The number of carbonyl (C=O) groups excluding carboxylic acids is 1. The van der Waals surface area contributed by atoms with Gasteiger partial charge in [0, 0.05) is 43.7 Å². The highest BCUT2D eigenvalue weighted by Gasteiger charge is 2.30. The van der Waals surface area contributed by atoms with E-state index in [1.54, 1.807) is 0 Å². The third-order valence-corrected chi connectivity index (χ3v) is 4.67. The number of carbonyl (C=O) groups is 1. The van der Waals surface area contributed by atoms with Gasteiger partial charge in [0.1, 0.15) is 5.75 Å². The van der Waals surface area contributed by atoms with Crippen molar-refractivity contribution in [3.63, 3.8) is 0 Å². The van der Waals surface area contributed by atoms with Crippen molar-refractivity contribution in [1.29, 1.82) is 0 Å². The lowest BCUT2D eigenvalue weighted by Crippen LogP contribution is -2.47. The second-order valence-electron chi connectivity index (χ2n) is 6.44. The van der Waals surface area contributed by atoms with Crippen molar-refractivity contribution < 1.29 is 9.53 Å². The van der Waals surface area contributed by atoms with E-state index >= 15 is 0 Å². The Morgan fingerprint density at radius 2 is 1.95 bits per heavy atom. The SMILES string of the molecule is C[C@@H](CCOc1ccc(C(=O)C2CC2)cc1)N1CCNCC1. The molecule has 2 aliphatic rings. The molecule has 1 aromatic carbocycles. The predicted octanol–water partition coefficient (Wildman–Crippen LogP) is 2.34. The fourth-order valence-corrected chi connectivity index (χ4v) is 2.95. The molecule has 1 N–H and O–H groups in total. The van der Waals surface area contributed by atoms with Crippen LogP contribution in [0.15, 0.2) is 24.3 Å². The number of nitrogens with one attached hydrogen (secondary N) is 1. The molecule has 1 atom stereocenters. The second-order valence-corrected chi connectivity index (χ2v) is 6.44. The fraction of sp³-hybridized carbons (Fsp3) is 0.611. The average molecular weight is 302 g/mol. The quantitative estimate of drug-likeness (QED) is 0.785. The summed E-state index contributed by atoms with van der Waals surface area (Å²) in [5.41, 5.74) is 0.823. The minimum absolute atomic E-state index is 0.284. The molecule has 0 radical (unpaired) electrons. The molecule has 120 valence electrons. The molecule has 1 aliphatic carbocycles. The van der Waals surface area contributed by atoms with E-state index < -0.39 is 0 Å². The van der Waals surface area contributed by atoms with E-state index in [9.17, 15) is 4.79 Å². The van der Waals surface area contributed by atoms with Gasteiger partial charge in [0.15, 0.2) is 5.78 Å². The zero-order chi connectivity index (χ0) is 15.4. The van der Waals surface area contributed by atoms with Gasteiger partial charge in [0.2, 0.25) is 0 Å². The van der Waals surface area contributed by atoms with Crippen molar-refractivity contribution in [1.82, 2.24) is 10.2 Å². The number of ether oxygens (including phenoxy) is 1. The number of hydrogen-bond acceptors (Lipinski definition) is 4. The van der Waals surface area contributed by atoms with Gasteiger partial charge >= 0.3 is 0 Å². The van der Waals surface area contributed by atoms with Crippen LogP contribution in [0.1, 0.15) is 36.5 Å². The van der Waals surface area contributed by atoms with Crippen molar-refractivity contribution in [3.8, 4) is 5.75 Å². The largest absolute Gasteiger partial charge is 0.494 e. The highest BCUT2D eigenvalue weighted by atomic mass is 16.5. The predicted molar refractivity (Wildman–Crippen MR) is 87.5 cm³/mol. The molecule has 4 nitrogen and oxygen atoms in total. The lowest BCUT2D eigenvalue weighted by Gasteiger charge is -2.32. The molecule has 1 saturated carbocycles. The number of benzene rings is 1. The minimum Gasteiger partial charge on any atom is -0.494 e. The molecule has 0 aromatic heterocycles. The van der Waals surface area contributed by atoms with Gasteiger partial charge in [-0.3, -0.25) is 9.69 Å². The molecule has 1 saturated heterocycles. The first kappa shape index (κ1) is 15.5. The van der Waals surface area contributed by atoms with E-state index in [1.807, 2.05) is 24.3 Å². The molecule has 4 heteroatoms. The molecule has 3 rings (SSSR count). The van der Waals surface area contributed by atoms with Gasteiger partial charge in [-0.1, -0.05) is 0 Å². The van der Waals surface area contributed by atoms with E-state index in [0.717, 1.165) is 63.4 Å². The van der Waals surface area contributed by atoms with Gasteiger partial charge in [0.25, 0.3) is 0 Å². The number of hydrogen-bond donors (Lipinski definition) is 1. The number of ketones is 1. The Morgan fingerprint density at radius 1 is 1.27 bits per heavy atom. The van der Waals surface area contributed by atoms with Crippen LogP contribution in [0.3, 0.4) is 0 Å². The Labute approximate surface area is 132 Å². The van der Waals surface area contributed by atoms with Gasteiger partial charge in [-0.15, -0.1) is 0 Å². The standard InChI is InChI=1S/C18H26N2O2/c1-14(20-11-9-19-10-12-20)8-13-22-17-6-4-16(5-7-17)18(21)15-2-3-15/h4-7,14-15,19H,2-3,8-13H2,1H3/t14-/m0/s1. The van der Waals surface area contributed by atoms with Crippen LogP contribution >= 0.6 is 0 Å². The molecule has 0 unspecified atom stereocenters. The van der Waals surface area contributed by atoms with Crippen molar-refractivity contribution in [2.24, 2.45) is 5.92 Å². The molecule has 2 fully saturated rings. The van der Waals surface area contributed by atoms with Gasteiger partial charge in [-0.2, -0.15) is 0 Å². The Bertz CT molecular complexity index is 490. The lowest BCUT2D eigenvalue weighted by molar-refractivity contribution is 0.0967. The van der Waals surface area contributed by atoms with Crippen molar-refractivity contribution in [2.45, 2.75) is 32.2 Å². The first-order valence-electron chi connectivity index (χ1n) is 8.46. The third-order valence-electron chi connectivity index (χ3n) is 4.67. The van der Waals surface area contributed by atoms with E-state index in [2.05, 4.69) is 17.1 Å². The molecular weight excluding hydrogens is 276 g/mol. The summed E-state index contributed by atoms with van der Waals surface area (Å²) in [7, 11) is 0. The summed E-state index contributed by atoms with van der Waals surface area (Å²) >= 11 is 0. The summed E-state index contributed by atoms with van der Waals surface area (Å²) in [5, 5.41) is 3.38. The first-order valence-corrected chi connectivity index (χ1v) is 8.46. The van der Waals surface area contributed by atoms with Gasteiger partial charge < -0.3 is 10.1 Å². The third kappa shape index (κ3) is 4.08. The van der Waals surface area contributed by atoms with Crippen molar-refractivity contribution in [3.05, 3.63) is 29.8 Å². The van der Waals surface area contributed by atoms with Gasteiger partial charge in [-0.25, -0.2) is 0 Å². The van der Waals surface area contributed by atoms with Gasteiger partial charge in [0.05, 0.1) is 6.61 Å². The molecule has 0 bridgehead atoms. The number of piperazine rings is 1. The molecule has 1 aromatic rings. The minimum atomic E-state index is 0.284. The van der Waals surface area contributed by atoms with Crippen LogP contribution in [0.4, 0.5) is 0 Å².